The molecule has 0 unspecified atom stereocenters. The van der Waals surface area contributed by atoms with Crippen molar-refractivity contribution in [3.8, 4) is 33.0 Å². The van der Waals surface area contributed by atoms with E-state index in [9.17, 15) is 14.9 Å². The first-order valence-corrected chi connectivity index (χ1v) is 9.60. The van der Waals surface area contributed by atoms with Crippen LogP contribution in [-0.2, 0) is 0 Å². The molecule has 0 aliphatic heterocycles. The molecule has 0 saturated carbocycles. The van der Waals surface area contributed by atoms with Crippen molar-refractivity contribution in [2.75, 3.05) is 0 Å². The Kier molecular flexibility index (Phi) is 4.88. The van der Waals surface area contributed by atoms with E-state index in [1.165, 1.54) is 12.1 Å². The lowest BCUT2D eigenvalue weighted by molar-refractivity contribution is -0.384. The lowest BCUT2D eigenvalue weighted by Crippen LogP contribution is -2.10. The topological polar surface area (TPSA) is 99.1 Å². The fraction of sp³-hybridized carbons (Fsp3) is 0. The molecule has 2 aromatic carbocycles. The summed E-state index contributed by atoms with van der Waals surface area (Å²) in [6.45, 7) is 0. The van der Waals surface area contributed by atoms with Crippen LogP contribution in [0.1, 0.15) is 10.4 Å². The van der Waals surface area contributed by atoms with Crippen LogP contribution in [0.15, 0.2) is 78.2 Å². The number of pyridine rings is 1. The summed E-state index contributed by atoms with van der Waals surface area (Å²) in [5.74, 6) is -0.475. The number of aromatic nitrogens is 1. The first kappa shape index (κ1) is 18.5. The second-order valence-corrected chi connectivity index (χ2v) is 7.30. The molecule has 2 aromatic heterocycles. The summed E-state index contributed by atoms with van der Waals surface area (Å²) in [5, 5.41) is 12.9. The van der Waals surface area contributed by atoms with E-state index in [0.717, 1.165) is 27.3 Å². The van der Waals surface area contributed by atoms with Gasteiger partial charge in [0.15, 0.2) is 0 Å². The number of nitrogens with zero attached hydrogens (tertiary/aromatic N) is 2. The van der Waals surface area contributed by atoms with Crippen LogP contribution in [-0.4, -0.2) is 15.8 Å². The smallest absolute Gasteiger partial charge is 0.269 e. The Morgan fingerprint density at radius 3 is 2.14 bits per heavy atom. The van der Waals surface area contributed by atoms with Crippen molar-refractivity contribution < 1.29 is 9.72 Å². The molecule has 142 valence electrons. The molecule has 0 aliphatic carbocycles. The molecule has 0 atom stereocenters. The van der Waals surface area contributed by atoms with Crippen LogP contribution in [0.3, 0.4) is 0 Å². The van der Waals surface area contributed by atoms with Gasteiger partial charge >= 0.3 is 0 Å². The van der Waals surface area contributed by atoms with Gasteiger partial charge in [0.05, 0.1) is 21.2 Å². The number of thiophene rings is 1. The Morgan fingerprint density at radius 2 is 1.55 bits per heavy atom. The number of carbonyl (C=O) groups is 1. The molecule has 0 bridgehead atoms. The largest absolute Gasteiger partial charge is 0.366 e. The number of rotatable bonds is 5. The minimum atomic E-state index is -0.475. The molecule has 4 aromatic rings. The zero-order chi connectivity index (χ0) is 20.4. The summed E-state index contributed by atoms with van der Waals surface area (Å²) in [6, 6.07) is 21.2. The quantitative estimate of drug-likeness (QED) is 0.369. The van der Waals surface area contributed by atoms with Gasteiger partial charge < -0.3 is 5.73 Å². The van der Waals surface area contributed by atoms with Crippen LogP contribution in [0.4, 0.5) is 5.69 Å². The molecular weight excluding hydrogens is 386 g/mol. The highest BCUT2D eigenvalue weighted by atomic mass is 32.1. The third-order valence-electron chi connectivity index (χ3n) is 4.48. The Hall–Kier alpha value is -3.84. The zero-order valence-corrected chi connectivity index (χ0v) is 15.9. The summed E-state index contributed by atoms with van der Waals surface area (Å²) in [6.07, 6.45) is 0. The Balaban J connectivity index is 1.83. The van der Waals surface area contributed by atoms with Gasteiger partial charge in [-0.3, -0.25) is 14.9 Å². The lowest BCUT2D eigenvalue weighted by atomic mass is 10.0. The fourth-order valence-electron chi connectivity index (χ4n) is 2.98. The highest BCUT2D eigenvalue weighted by molar-refractivity contribution is 7.13. The Bertz CT molecular complexity index is 1110. The van der Waals surface area contributed by atoms with Crippen LogP contribution in [0, 0.1) is 10.1 Å². The number of carbonyl (C=O) groups excluding carboxylic acids is 1. The number of primary amides is 1. The van der Waals surface area contributed by atoms with E-state index < -0.39 is 10.8 Å². The number of nitro groups is 1. The van der Waals surface area contributed by atoms with E-state index in [0.29, 0.717) is 11.3 Å². The number of amides is 1. The van der Waals surface area contributed by atoms with Crippen LogP contribution >= 0.6 is 11.3 Å². The van der Waals surface area contributed by atoms with E-state index in [1.54, 1.807) is 35.6 Å². The maximum atomic E-state index is 11.3. The summed E-state index contributed by atoms with van der Waals surface area (Å²) in [5.41, 5.74) is 9.94. The fourth-order valence-corrected chi connectivity index (χ4v) is 3.66. The van der Waals surface area contributed by atoms with Gasteiger partial charge in [0.25, 0.3) is 5.69 Å². The number of nitro benzene ring substituents is 1. The minimum absolute atomic E-state index is 0.0328. The van der Waals surface area contributed by atoms with Crippen molar-refractivity contribution >= 4 is 22.9 Å². The summed E-state index contributed by atoms with van der Waals surface area (Å²) >= 11 is 1.58. The van der Waals surface area contributed by atoms with E-state index in [2.05, 4.69) is 0 Å². The Morgan fingerprint density at radius 1 is 0.897 bits per heavy atom. The van der Waals surface area contributed by atoms with Crippen molar-refractivity contribution in [3.63, 3.8) is 0 Å². The van der Waals surface area contributed by atoms with Gasteiger partial charge in [-0.1, -0.05) is 18.2 Å². The number of hydrogen-bond acceptors (Lipinski definition) is 5. The average molecular weight is 401 g/mol. The van der Waals surface area contributed by atoms with Crippen LogP contribution in [0.2, 0.25) is 0 Å². The molecule has 0 radical (unpaired) electrons. The molecule has 2 N–H and O–H groups in total. The highest BCUT2D eigenvalue weighted by Crippen LogP contribution is 2.32. The molecular formula is C22H15N3O3S. The van der Waals surface area contributed by atoms with E-state index in [4.69, 9.17) is 10.7 Å². The molecule has 4 rings (SSSR count). The third kappa shape index (κ3) is 3.90. The molecule has 0 fully saturated rings. The number of benzene rings is 2. The summed E-state index contributed by atoms with van der Waals surface area (Å²) in [4.78, 5) is 27.6. The van der Waals surface area contributed by atoms with E-state index >= 15 is 0 Å². The first-order chi connectivity index (χ1) is 14.0. The molecule has 29 heavy (non-hydrogen) atoms. The summed E-state index contributed by atoms with van der Waals surface area (Å²) in [7, 11) is 0. The average Bonchev–Trinajstić information content (AvgIpc) is 3.28. The van der Waals surface area contributed by atoms with Crippen molar-refractivity contribution in [2.24, 2.45) is 5.73 Å². The number of nitrogens with two attached hydrogens (primary N) is 1. The van der Waals surface area contributed by atoms with Gasteiger partial charge in [-0.25, -0.2) is 4.98 Å². The normalized spacial score (nSPS) is 10.6. The second kappa shape index (κ2) is 7.65. The summed E-state index contributed by atoms with van der Waals surface area (Å²) < 4.78 is 0. The number of hydrogen-bond donors (Lipinski definition) is 1. The van der Waals surface area contributed by atoms with Crippen LogP contribution < -0.4 is 5.73 Å². The van der Waals surface area contributed by atoms with E-state index in [-0.39, 0.29) is 5.69 Å². The van der Waals surface area contributed by atoms with Gasteiger partial charge in [0.2, 0.25) is 5.91 Å². The SMILES string of the molecule is NC(=O)c1ccc(-c2cc(-c3ccc([N+](=O)[O-])cc3)nc(-c3cccs3)c2)cc1. The maximum absolute atomic E-state index is 11.3. The van der Waals surface area contributed by atoms with Crippen LogP contribution in [0.5, 0.6) is 0 Å². The minimum Gasteiger partial charge on any atom is -0.366 e. The Labute approximate surface area is 170 Å². The number of non-ortho nitro benzene ring substituents is 1. The zero-order valence-electron chi connectivity index (χ0n) is 15.1. The molecule has 7 heteroatoms. The third-order valence-corrected chi connectivity index (χ3v) is 5.37. The monoisotopic (exact) mass is 401 g/mol. The first-order valence-electron chi connectivity index (χ1n) is 8.72. The van der Waals surface area contributed by atoms with E-state index in [1.807, 2.05) is 41.8 Å². The lowest BCUT2D eigenvalue weighted by Gasteiger charge is -2.09. The van der Waals surface area contributed by atoms with Crippen molar-refractivity contribution in [2.45, 2.75) is 0 Å². The van der Waals surface area contributed by atoms with Crippen molar-refractivity contribution in [1.82, 2.24) is 4.98 Å². The van der Waals surface area contributed by atoms with Crippen LogP contribution in [0.25, 0.3) is 33.0 Å². The maximum Gasteiger partial charge on any atom is 0.269 e. The van der Waals surface area contributed by atoms with Crippen molar-refractivity contribution in [1.29, 1.82) is 0 Å². The predicted molar refractivity (Wildman–Crippen MR) is 114 cm³/mol. The van der Waals surface area contributed by atoms with Gasteiger partial charge in [0.1, 0.15) is 0 Å². The van der Waals surface area contributed by atoms with Gasteiger partial charge in [-0.2, -0.15) is 0 Å². The molecule has 0 saturated heterocycles. The van der Waals surface area contributed by atoms with Gasteiger partial charge in [-0.05, 0) is 59.0 Å². The molecule has 1 amide bonds. The predicted octanol–water partition coefficient (Wildman–Crippen LogP) is 5.15. The molecule has 6 nitrogen and oxygen atoms in total. The highest BCUT2D eigenvalue weighted by Gasteiger charge is 2.12. The molecule has 0 spiro atoms. The van der Waals surface area contributed by atoms with Crippen molar-refractivity contribution in [3.05, 3.63) is 93.9 Å². The van der Waals surface area contributed by atoms with Gasteiger partial charge in [0, 0.05) is 23.3 Å². The molecule has 2 heterocycles. The standard InChI is InChI=1S/C22H15N3O3S/c23-22(26)16-5-3-14(4-6-16)17-12-19(15-7-9-18(10-8-15)25(27)28)24-20(13-17)21-2-1-11-29-21/h1-13H,(H2,23,26). The molecule has 0 aliphatic rings. The van der Waals surface area contributed by atoms with Gasteiger partial charge in [-0.15, -0.1) is 11.3 Å². The second-order valence-electron chi connectivity index (χ2n) is 6.35.